The first-order chi connectivity index (χ1) is 29.2. The van der Waals surface area contributed by atoms with Crippen molar-refractivity contribution in [2.75, 3.05) is 0 Å². The van der Waals surface area contributed by atoms with E-state index in [1.807, 2.05) is 24.3 Å². The molecule has 0 saturated heterocycles. The van der Waals surface area contributed by atoms with Gasteiger partial charge in [-0.05, 0) is 92.0 Å². The van der Waals surface area contributed by atoms with Crippen LogP contribution in [0.3, 0.4) is 0 Å². The van der Waals surface area contributed by atoms with Gasteiger partial charge in [0.15, 0.2) is 0 Å². The summed E-state index contributed by atoms with van der Waals surface area (Å²) in [5.41, 5.74) is 17.4. The molecule has 1 aliphatic rings. The first-order valence-corrected chi connectivity index (χ1v) is 20.0. The highest BCUT2D eigenvalue weighted by molar-refractivity contribution is 6.05. The Bertz CT molecular complexity index is 3220. The molecule has 3 heteroatoms. The van der Waals surface area contributed by atoms with Crippen molar-refractivity contribution >= 4 is 21.8 Å². The van der Waals surface area contributed by atoms with E-state index in [9.17, 15) is 5.26 Å². The molecular weight excluding hydrogens is 715 g/mol. The van der Waals surface area contributed by atoms with Gasteiger partial charge in [-0.2, -0.15) is 5.26 Å². The predicted octanol–water partition coefficient (Wildman–Crippen LogP) is 13.7. The van der Waals surface area contributed by atoms with Gasteiger partial charge in [0, 0.05) is 21.9 Å². The maximum Gasteiger partial charge on any atom is 0.0991 e. The first-order valence-electron chi connectivity index (χ1n) is 20.0. The van der Waals surface area contributed by atoms with E-state index in [-0.39, 0.29) is 0 Å². The zero-order valence-corrected chi connectivity index (χ0v) is 32.0. The van der Waals surface area contributed by atoms with Gasteiger partial charge in [-0.25, -0.2) is 9.97 Å². The number of hydrogen-bond acceptors (Lipinski definition) is 3. The Balaban J connectivity index is 1.19. The molecule has 11 rings (SSSR count). The van der Waals surface area contributed by atoms with E-state index >= 15 is 0 Å². The Morgan fingerprint density at radius 2 is 0.915 bits per heavy atom. The fourth-order valence-electron chi connectivity index (χ4n) is 9.24. The van der Waals surface area contributed by atoms with Gasteiger partial charge in [-0.15, -0.1) is 0 Å². The number of pyridine rings is 2. The van der Waals surface area contributed by atoms with E-state index in [2.05, 4.69) is 194 Å². The molecule has 0 amide bonds. The number of benzene rings is 8. The molecule has 274 valence electrons. The van der Waals surface area contributed by atoms with Crippen molar-refractivity contribution in [1.29, 1.82) is 5.26 Å². The summed E-state index contributed by atoms with van der Waals surface area (Å²) in [4.78, 5) is 10.8. The van der Waals surface area contributed by atoms with Crippen molar-refractivity contribution in [3.8, 4) is 62.0 Å². The summed E-state index contributed by atoms with van der Waals surface area (Å²) >= 11 is 0. The Kier molecular flexibility index (Phi) is 8.10. The summed E-state index contributed by atoms with van der Waals surface area (Å²) in [5.74, 6) is 0. The molecule has 0 radical (unpaired) electrons. The molecular formula is C56H35N3. The number of fused-ring (bicyclic) bond motifs is 6. The van der Waals surface area contributed by atoms with E-state index in [1.54, 1.807) is 0 Å². The second-order valence-corrected chi connectivity index (χ2v) is 15.2. The van der Waals surface area contributed by atoms with Crippen molar-refractivity contribution in [1.82, 2.24) is 9.97 Å². The summed E-state index contributed by atoms with van der Waals surface area (Å²) in [5, 5.41) is 11.7. The topological polar surface area (TPSA) is 49.6 Å². The van der Waals surface area contributed by atoms with Crippen molar-refractivity contribution in [2.24, 2.45) is 0 Å². The lowest BCUT2D eigenvalue weighted by atomic mass is 9.67. The Labute approximate surface area is 343 Å². The minimum absolute atomic E-state index is 0.551. The molecule has 0 aliphatic heterocycles. The summed E-state index contributed by atoms with van der Waals surface area (Å²) in [6.07, 6.45) is 0. The summed E-state index contributed by atoms with van der Waals surface area (Å²) in [6.45, 7) is 0. The van der Waals surface area contributed by atoms with Gasteiger partial charge in [-0.3, -0.25) is 0 Å². The van der Waals surface area contributed by atoms with Crippen LogP contribution in [0.5, 0.6) is 0 Å². The van der Waals surface area contributed by atoms with Crippen molar-refractivity contribution < 1.29 is 0 Å². The molecule has 0 atom stereocenters. The van der Waals surface area contributed by atoms with Crippen LogP contribution in [-0.2, 0) is 5.41 Å². The first kappa shape index (κ1) is 34.3. The SMILES string of the molecule is N#Cc1cccc(-c2ccc(-c3cc4c(cc3-c3ccc5ccc6ccc(-c7ccccc7)nc6c5n3)-c3ccccc3C4(c3ccccc3)c3ccccc3)cc2)c1. The number of hydrogen-bond donors (Lipinski definition) is 0. The molecule has 0 fully saturated rings. The highest BCUT2D eigenvalue weighted by Crippen LogP contribution is 2.58. The van der Waals surface area contributed by atoms with Gasteiger partial charge in [0.1, 0.15) is 0 Å². The van der Waals surface area contributed by atoms with E-state index in [1.165, 1.54) is 33.4 Å². The van der Waals surface area contributed by atoms with Crippen LogP contribution in [0.1, 0.15) is 27.8 Å². The third-order valence-electron chi connectivity index (χ3n) is 12.0. The fourth-order valence-corrected chi connectivity index (χ4v) is 9.24. The molecule has 2 aromatic heterocycles. The minimum atomic E-state index is -0.551. The lowest BCUT2D eigenvalue weighted by Gasteiger charge is -2.34. The normalized spacial score (nSPS) is 12.5. The highest BCUT2D eigenvalue weighted by atomic mass is 14.8. The number of rotatable bonds is 6. The Morgan fingerprint density at radius 1 is 0.356 bits per heavy atom. The molecule has 0 N–H and O–H groups in total. The predicted molar refractivity (Wildman–Crippen MR) is 241 cm³/mol. The number of nitriles is 1. The highest BCUT2D eigenvalue weighted by Gasteiger charge is 2.46. The molecule has 10 aromatic rings. The van der Waals surface area contributed by atoms with Crippen molar-refractivity contribution in [2.45, 2.75) is 5.41 Å². The number of aromatic nitrogens is 2. The van der Waals surface area contributed by atoms with Gasteiger partial charge in [-0.1, -0.05) is 176 Å². The maximum atomic E-state index is 9.62. The van der Waals surface area contributed by atoms with Crippen LogP contribution < -0.4 is 0 Å². The lowest BCUT2D eigenvalue weighted by molar-refractivity contribution is 0.769. The monoisotopic (exact) mass is 749 g/mol. The van der Waals surface area contributed by atoms with Gasteiger partial charge < -0.3 is 0 Å². The Morgan fingerprint density at radius 3 is 1.59 bits per heavy atom. The average molecular weight is 750 g/mol. The minimum Gasteiger partial charge on any atom is -0.245 e. The molecule has 0 unspecified atom stereocenters. The number of nitrogens with zero attached hydrogens (tertiary/aromatic N) is 3. The van der Waals surface area contributed by atoms with Gasteiger partial charge in [0.05, 0.1) is 39.5 Å². The third-order valence-corrected chi connectivity index (χ3v) is 12.0. The largest absolute Gasteiger partial charge is 0.245 e. The second kappa shape index (κ2) is 13.9. The quantitative estimate of drug-likeness (QED) is 0.159. The van der Waals surface area contributed by atoms with Gasteiger partial charge >= 0.3 is 0 Å². The maximum absolute atomic E-state index is 9.62. The zero-order chi connectivity index (χ0) is 39.3. The van der Waals surface area contributed by atoms with Crippen LogP contribution in [-0.4, -0.2) is 9.97 Å². The van der Waals surface area contributed by atoms with Gasteiger partial charge in [0.2, 0.25) is 0 Å². The van der Waals surface area contributed by atoms with Crippen LogP contribution >= 0.6 is 0 Å². The van der Waals surface area contributed by atoms with Crippen molar-refractivity contribution in [3.63, 3.8) is 0 Å². The summed E-state index contributed by atoms with van der Waals surface area (Å²) < 4.78 is 0. The van der Waals surface area contributed by atoms with Crippen LogP contribution in [0.2, 0.25) is 0 Å². The standard InChI is InChI=1S/C56H35N3/c57-36-37-13-12-16-43(33-37)38-23-25-39(26-24-38)47-35-51-48(46-21-10-11-22-50(46)56(51,44-17-6-2-7-18-44)45-19-8-3-9-20-45)34-49(47)53-32-30-42-28-27-41-29-31-52(40-14-4-1-5-15-40)58-54(41)55(42)59-53/h1-35H. The van der Waals surface area contributed by atoms with Crippen LogP contribution in [0.15, 0.2) is 212 Å². The average Bonchev–Trinajstić information content (AvgIpc) is 3.61. The van der Waals surface area contributed by atoms with Gasteiger partial charge in [0.25, 0.3) is 0 Å². The van der Waals surface area contributed by atoms with E-state index < -0.39 is 5.41 Å². The van der Waals surface area contributed by atoms with Crippen LogP contribution in [0.25, 0.3) is 77.7 Å². The third kappa shape index (κ3) is 5.57. The molecule has 8 aromatic carbocycles. The fraction of sp³-hybridized carbons (Fsp3) is 0.0179. The molecule has 1 aliphatic carbocycles. The summed E-state index contributed by atoms with van der Waals surface area (Å²) in [6, 6.07) is 77.6. The van der Waals surface area contributed by atoms with E-state index in [0.29, 0.717) is 5.56 Å². The van der Waals surface area contributed by atoms with E-state index in [4.69, 9.17) is 9.97 Å². The molecule has 2 heterocycles. The molecule has 3 nitrogen and oxygen atoms in total. The molecule has 0 saturated carbocycles. The van der Waals surface area contributed by atoms with Crippen LogP contribution in [0, 0.1) is 11.3 Å². The molecule has 59 heavy (non-hydrogen) atoms. The summed E-state index contributed by atoms with van der Waals surface area (Å²) in [7, 11) is 0. The lowest BCUT2D eigenvalue weighted by Crippen LogP contribution is -2.28. The molecule has 0 spiro atoms. The van der Waals surface area contributed by atoms with Crippen molar-refractivity contribution in [3.05, 3.63) is 240 Å². The zero-order valence-electron chi connectivity index (χ0n) is 32.0. The molecule has 0 bridgehead atoms. The van der Waals surface area contributed by atoms with Crippen LogP contribution in [0.4, 0.5) is 0 Å². The smallest absolute Gasteiger partial charge is 0.0991 e. The Hall–Kier alpha value is -7.93. The van der Waals surface area contributed by atoms with E-state index in [0.717, 1.165) is 66.6 Å². The second-order valence-electron chi connectivity index (χ2n) is 15.2.